The third-order valence-corrected chi connectivity index (χ3v) is 8.00. The Labute approximate surface area is 177 Å². The van der Waals surface area contributed by atoms with E-state index in [9.17, 15) is 21.6 Å². The summed E-state index contributed by atoms with van der Waals surface area (Å²) in [6.45, 7) is 1.57. The highest BCUT2D eigenvalue weighted by molar-refractivity contribution is 7.91. The van der Waals surface area contributed by atoms with Crippen molar-refractivity contribution in [1.29, 1.82) is 0 Å². The van der Waals surface area contributed by atoms with E-state index in [1.54, 1.807) is 10.6 Å². The highest BCUT2D eigenvalue weighted by Gasteiger charge is 2.21. The fourth-order valence-corrected chi connectivity index (χ4v) is 5.55. The van der Waals surface area contributed by atoms with Crippen LogP contribution in [0.4, 0.5) is 0 Å². The number of rotatable bonds is 5. The van der Waals surface area contributed by atoms with Gasteiger partial charge in [-0.05, 0) is 30.3 Å². The Bertz CT molecular complexity index is 1470. The van der Waals surface area contributed by atoms with Gasteiger partial charge >= 0.3 is 0 Å². The number of benzene rings is 2. The molecule has 3 rings (SSSR count). The van der Waals surface area contributed by atoms with Crippen LogP contribution in [0.5, 0.6) is 0 Å². The van der Waals surface area contributed by atoms with Gasteiger partial charge < -0.3 is 4.57 Å². The van der Waals surface area contributed by atoms with E-state index < -0.39 is 25.8 Å². The molecule has 1 aromatic heterocycles. The van der Waals surface area contributed by atoms with E-state index in [2.05, 4.69) is 10.9 Å². The second-order valence-electron chi connectivity index (χ2n) is 6.17. The molecule has 30 heavy (non-hydrogen) atoms. The minimum absolute atomic E-state index is 0.0470. The number of amides is 1. The van der Waals surface area contributed by atoms with E-state index in [-0.39, 0.29) is 32.5 Å². The molecule has 0 bridgehead atoms. The second kappa shape index (κ2) is 8.16. The lowest BCUT2D eigenvalue weighted by molar-refractivity contribution is 0.0994. The van der Waals surface area contributed by atoms with Crippen molar-refractivity contribution >= 4 is 47.3 Å². The molecule has 156 valence electrons. The highest BCUT2D eigenvalue weighted by atomic mass is 32.2. The average Bonchev–Trinajstić information content (AvgIpc) is 3.04. The van der Waals surface area contributed by atoms with Gasteiger partial charge in [-0.2, -0.15) is 4.99 Å². The van der Waals surface area contributed by atoms with Crippen molar-refractivity contribution in [2.75, 3.05) is 5.75 Å². The van der Waals surface area contributed by atoms with Crippen molar-refractivity contribution in [3.63, 3.8) is 0 Å². The lowest BCUT2D eigenvalue weighted by atomic mass is 10.2. The van der Waals surface area contributed by atoms with Crippen LogP contribution in [-0.2, 0) is 26.4 Å². The molecule has 0 spiro atoms. The summed E-state index contributed by atoms with van der Waals surface area (Å²) in [5, 5.41) is 5.18. The third-order valence-electron chi connectivity index (χ3n) is 4.26. The van der Waals surface area contributed by atoms with Crippen molar-refractivity contribution in [3.8, 4) is 12.3 Å². The van der Waals surface area contributed by atoms with Gasteiger partial charge in [0.2, 0.25) is 10.0 Å². The van der Waals surface area contributed by atoms with E-state index in [1.165, 1.54) is 43.3 Å². The van der Waals surface area contributed by atoms with Gasteiger partial charge in [-0.15, -0.1) is 6.42 Å². The number of terminal acetylenes is 1. The fraction of sp³-hybridized carbons (Fsp3) is 0.158. The number of nitrogens with two attached hydrogens (primary N) is 1. The topological polar surface area (TPSA) is 129 Å². The minimum Gasteiger partial charge on any atom is -0.305 e. The molecule has 0 aliphatic heterocycles. The van der Waals surface area contributed by atoms with E-state index in [4.69, 9.17) is 11.6 Å². The largest absolute Gasteiger partial charge is 0.305 e. The number of hydrogen-bond acceptors (Lipinski definition) is 6. The van der Waals surface area contributed by atoms with Crippen LogP contribution < -0.4 is 9.94 Å². The zero-order valence-corrected chi connectivity index (χ0v) is 18.2. The molecule has 11 heteroatoms. The lowest BCUT2D eigenvalue weighted by Gasteiger charge is -2.06. The van der Waals surface area contributed by atoms with Crippen molar-refractivity contribution in [1.82, 2.24) is 4.57 Å². The number of nitrogens with zero attached hydrogens (tertiary/aromatic N) is 2. The molecule has 0 atom stereocenters. The predicted molar refractivity (Wildman–Crippen MR) is 114 cm³/mol. The Kier molecular flexibility index (Phi) is 5.96. The molecular formula is C19H17N3O5S3. The summed E-state index contributed by atoms with van der Waals surface area (Å²) < 4.78 is 50.0. The van der Waals surface area contributed by atoms with E-state index in [0.29, 0.717) is 10.2 Å². The number of fused-ring (bicyclic) bond motifs is 1. The molecule has 2 aromatic carbocycles. The van der Waals surface area contributed by atoms with Crippen LogP contribution in [0.15, 0.2) is 57.2 Å². The second-order valence-corrected chi connectivity index (χ2v) is 11.0. The number of primary sulfonamides is 1. The molecule has 2 N–H and O–H groups in total. The maximum absolute atomic E-state index is 12.9. The summed E-state index contributed by atoms with van der Waals surface area (Å²) >= 11 is 1.05. The number of thiazole rings is 1. The molecule has 0 saturated carbocycles. The SMILES string of the molecule is C#CCn1c(=NC(=O)c2ccccc2S(=O)(=O)CC)sc2cc(S(N)(=O)=O)ccc21. The molecule has 0 aliphatic rings. The standard InChI is InChI=1S/C19H17N3O5S3/c1-3-11-22-15-10-9-13(30(20,26)27)12-16(15)28-19(22)21-18(23)14-7-5-6-8-17(14)29(24,25)4-2/h1,5-10,12H,4,11H2,2H3,(H2,20,26,27). The van der Waals surface area contributed by atoms with Crippen LogP contribution in [-0.4, -0.2) is 33.1 Å². The Hall–Kier alpha value is -2.78. The number of aromatic nitrogens is 1. The van der Waals surface area contributed by atoms with Crippen LogP contribution in [0.25, 0.3) is 10.2 Å². The Morgan fingerprint density at radius 2 is 1.90 bits per heavy atom. The first-order valence-corrected chi connectivity index (χ1v) is 12.6. The van der Waals surface area contributed by atoms with E-state index >= 15 is 0 Å². The number of sulfone groups is 1. The van der Waals surface area contributed by atoms with E-state index in [0.717, 1.165) is 11.3 Å². The molecule has 1 amide bonds. The minimum atomic E-state index is -3.91. The third kappa shape index (κ3) is 4.22. The van der Waals surface area contributed by atoms with Gasteiger partial charge in [0.1, 0.15) is 0 Å². The summed E-state index contributed by atoms with van der Waals surface area (Å²) in [5.41, 5.74) is 0.528. The first-order valence-electron chi connectivity index (χ1n) is 8.59. The van der Waals surface area contributed by atoms with Gasteiger partial charge in [0.05, 0.1) is 37.9 Å². The molecule has 0 aliphatic carbocycles. The molecule has 3 aromatic rings. The summed E-state index contributed by atoms with van der Waals surface area (Å²) in [6, 6.07) is 10.1. The Morgan fingerprint density at radius 3 is 2.53 bits per heavy atom. The molecule has 0 saturated heterocycles. The Balaban J connectivity index is 2.23. The van der Waals surface area contributed by atoms with Crippen LogP contribution >= 0.6 is 11.3 Å². The van der Waals surface area contributed by atoms with Crippen LogP contribution in [0.3, 0.4) is 0 Å². The van der Waals surface area contributed by atoms with Gasteiger partial charge in [0, 0.05) is 0 Å². The highest BCUT2D eigenvalue weighted by Crippen LogP contribution is 2.22. The summed E-state index contributed by atoms with van der Waals surface area (Å²) in [5.74, 6) is 1.56. The fourth-order valence-electron chi connectivity index (χ4n) is 2.78. The van der Waals surface area contributed by atoms with Gasteiger partial charge in [-0.3, -0.25) is 4.79 Å². The number of sulfonamides is 1. The maximum atomic E-state index is 12.9. The maximum Gasteiger partial charge on any atom is 0.280 e. The van der Waals surface area contributed by atoms with Crippen LogP contribution in [0.2, 0.25) is 0 Å². The first-order chi connectivity index (χ1) is 14.1. The quantitative estimate of drug-likeness (QED) is 0.574. The van der Waals surface area contributed by atoms with Crippen molar-refractivity contribution < 1.29 is 21.6 Å². The summed E-state index contributed by atoms with van der Waals surface area (Å²) in [6.07, 6.45) is 5.43. The van der Waals surface area contributed by atoms with E-state index in [1.807, 2.05) is 0 Å². The van der Waals surface area contributed by atoms with Gasteiger partial charge in [0.15, 0.2) is 14.6 Å². The normalized spacial score (nSPS) is 12.8. The monoisotopic (exact) mass is 463 g/mol. The number of hydrogen-bond donors (Lipinski definition) is 1. The average molecular weight is 464 g/mol. The van der Waals surface area contributed by atoms with Gasteiger partial charge in [0.25, 0.3) is 5.91 Å². The molecule has 8 nitrogen and oxygen atoms in total. The van der Waals surface area contributed by atoms with Crippen molar-refractivity contribution in [2.24, 2.45) is 10.1 Å². The first kappa shape index (κ1) is 21.9. The molecule has 1 heterocycles. The van der Waals surface area contributed by atoms with Crippen LogP contribution in [0, 0.1) is 12.3 Å². The predicted octanol–water partition coefficient (Wildman–Crippen LogP) is 1.52. The molecule has 0 radical (unpaired) electrons. The smallest absolute Gasteiger partial charge is 0.280 e. The lowest BCUT2D eigenvalue weighted by Crippen LogP contribution is -2.18. The van der Waals surface area contributed by atoms with Crippen molar-refractivity contribution in [3.05, 3.63) is 52.8 Å². The Morgan fingerprint density at radius 1 is 1.20 bits per heavy atom. The van der Waals surface area contributed by atoms with Crippen LogP contribution in [0.1, 0.15) is 17.3 Å². The van der Waals surface area contributed by atoms with Gasteiger partial charge in [-0.25, -0.2) is 22.0 Å². The number of carbonyl (C=O) groups excluding carboxylic acids is 1. The van der Waals surface area contributed by atoms with Crippen molar-refractivity contribution in [2.45, 2.75) is 23.3 Å². The summed E-state index contributed by atoms with van der Waals surface area (Å²) in [4.78, 5) is 17.0. The number of carbonyl (C=O) groups is 1. The zero-order chi connectivity index (χ0) is 22.1. The molecule has 0 fully saturated rings. The molecular weight excluding hydrogens is 446 g/mol. The summed E-state index contributed by atoms with van der Waals surface area (Å²) in [7, 11) is -7.54. The molecule has 0 unspecified atom stereocenters. The van der Waals surface area contributed by atoms with Gasteiger partial charge in [-0.1, -0.05) is 36.3 Å². The zero-order valence-electron chi connectivity index (χ0n) is 15.8.